The van der Waals surface area contributed by atoms with Crippen molar-refractivity contribution in [2.75, 3.05) is 5.32 Å². The molecule has 1 unspecified atom stereocenters. The molecule has 0 aliphatic heterocycles. The standard InChI is InChI=1S/C12H11ClFN3O2S/c13-7-3-6(1-2-8(7)14)4-16-12-17-9(5-20-12)10(15)11(18)19/h1-3,5,10H,4,15H2,(H,16,17)(H,18,19). The Hall–Kier alpha value is -1.70. The maximum absolute atomic E-state index is 13.0. The number of carboxylic acid groups (broad SMARTS) is 1. The summed E-state index contributed by atoms with van der Waals surface area (Å²) in [5.74, 6) is -1.61. The van der Waals surface area contributed by atoms with Crippen LogP contribution >= 0.6 is 22.9 Å². The second-order valence-electron chi connectivity index (χ2n) is 4.00. The first-order chi connectivity index (χ1) is 9.47. The maximum Gasteiger partial charge on any atom is 0.326 e. The van der Waals surface area contributed by atoms with Crippen molar-refractivity contribution in [3.63, 3.8) is 0 Å². The molecule has 0 aliphatic rings. The second-order valence-corrected chi connectivity index (χ2v) is 5.26. The Morgan fingerprint density at radius 1 is 1.60 bits per heavy atom. The highest BCUT2D eigenvalue weighted by Crippen LogP contribution is 2.21. The second kappa shape index (κ2) is 6.17. The molecular weight excluding hydrogens is 305 g/mol. The van der Waals surface area contributed by atoms with Crippen molar-refractivity contribution in [3.05, 3.63) is 45.7 Å². The van der Waals surface area contributed by atoms with Crippen LogP contribution < -0.4 is 11.1 Å². The van der Waals surface area contributed by atoms with E-state index in [9.17, 15) is 9.18 Å². The lowest BCUT2D eigenvalue weighted by Gasteiger charge is -2.04. The third kappa shape index (κ3) is 3.44. The van der Waals surface area contributed by atoms with Crippen LogP contribution in [0.3, 0.4) is 0 Å². The molecule has 0 spiro atoms. The molecule has 4 N–H and O–H groups in total. The summed E-state index contributed by atoms with van der Waals surface area (Å²) in [6.07, 6.45) is 0. The zero-order chi connectivity index (χ0) is 14.7. The number of benzene rings is 1. The van der Waals surface area contributed by atoms with Crippen LogP contribution in [-0.2, 0) is 11.3 Å². The first-order valence-corrected chi connectivity index (χ1v) is 6.84. The van der Waals surface area contributed by atoms with Crippen LogP contribution in [0.15, 0.2) is 23.6 Å². The summed E-state index contributed by atoms with van der Waals surface area (Å²) >= 11 is 6.93. The third-order valence-corrected chi connectivity index (χ3v) is 3.64. The van der Waals surface area contributed by atoms with Gasteiger partial charge in [0.15, 0.2) is 5.13 Å². The van der Waals surface area contributed by atoms with Gasteiger partial charge in [-0.05, 0) is 17.7 Å². The number of thiazole rings is 1. The molecule has 0 saturated carbocycles. The average Bonchev–Trinajstić information content (AvgIpc) is 2.88. The summed E-state index contributed by atoms with van der Waals surface area (Å²) < 4.78 is 13.0. The fourth-order valence-electron chi connectivity index (χ4n) is 1.46. The molecule has 0 bridgehead atoms. The van der Waals surface area contributed by atoms with E-state index in [0.717, 1.165) is 5.56 Å². The number of nitrogens with two attached hydrogens (primary N) is 1. The van der Waals surface area contributed by atoms with Crippen LogP contribution in [0.25, 0.3) is 0 Å². The van der Waals surface area contributed by atoms with Crippen LogP contribution in [0, 0.1) is 5.82 Å². The molecule has 1 aromatic carbocycles. The number of halogens is 2. The molecule has 8 heteroatoms. The van der Waals surface area contributed by atoms with Crippen LogP contribution in [0.4, 0.5) is 9.52 Å². The number of nitrogens with one attached hydrogen (secondary N) is 1. The van der Waals surface area contributed by atoms with Gasteiger partial charge in [0.05, 0.1) is 10.7 Å². The number of carboxylic acids is 1. The highest BCUT2D eigenvalue weighted by molar-refractivity contribution is 7.13. The lowest BCUT2D eigenvalue weighted by molar-refractivity contribution is -0.138. The fourth-order valence-corrected chi connectivity index (χ4v) is 2.41. The molecule has 5 nitrogen and oxygen atoms in total. The van der Waals surface area contributed by atoms with Gasteiger partial charge in [-0.1, -0.05) is 17.7 Å². The number of rotatable bonds is 5. The van der Waals surface area contributed by atoms with Crippen molar-refractivity contribution in [3.8, 4) is 0 Å². The van der Waals surface area contributed by atoms with E-state index in [2.05, 4.69) is 10.3 Å². The van der Waals surface area contributed by atoms with E-state index >= 15 is 0 Å². The molecule has 0 radical (unpaired) electrons. The topological polar surface area (TPSA) is 88.2 Å². The summed E-state index contributed by atoms with van der Waals surface area (Å²) in [7, 11) is 0. The van der Waals surface area contributed by atoms with E-state index in [-0.39, 0.29) is 5.02 Å². The van der Waals surface area contributed by atoms with Gasteiger partial charge >= 0.3 is 5.97 Å². The van der Waals surface area contributed by atoms with Crippen molar-refractivity contribution in [1.82, 2.24) is 4.98 Å². The summed E-state index contributed by atoms with van der Waals surface area (Å²) in [5.41, 5.74) is 6.53. The molecule has 1 heterocycles. The zero-order valence-electron chi connectivity index (χ0n) is 10.1. The Morgan fingerprint density at radius 2 is 2.35 bits per heavy atom. The molecule has 106 valence electrons. The van der Waals surface area contributed by atoms with Crippen LogP contribution in [0.2, 0.25) is 5.02 Å². The van der Waals surface area contributed by atoms with E-state index in [1.54, 1.807) is 11.4 Å². The van der Waals surface area contributed by atoms with Crippen molar-refractivity contribution in [2.45, 2.75) is 12.6 Å². The quantitative estimate of drug-likeness (QED) is 0.789. The Morgan fingerprint density at radius 3 is 3.00 bits per heavy atom. The maximum atomic E-state index is 13.0. The Labute approximate surface area is 123 Å². The van der Waals surface area contributed by atoms with E-state index in [1.807, 2.05) is 0 Å². The molecule has 1 atom stereocenters. The lowest BCUT2D eigenvalue weighted by Crippen LogP contribution is -2.20. The van der Waals surface area contributed by atoms with E-state index in [1.165, 1.54) is 23.5 Å². The predicted molar refractivity (Wildman–Crippen MR) is 75.4 cm³/mol. The van der Waals surface area contributed by atoms with Crippen molar-refractivity contribution in [1.29, 1.82) is 0 Å². The Kier molecular flexibility index (Phi) is 4.53. The zero-order valence-corrected chi connectivity index (χ0v) is 11.7. The summed E-state index contributed by atoms with van der Waals surface area (Å²) in [4.78, 5) is 14.8. The van der Waals surface area contributed by atoms with Gasteiger partial charge in [0, 0.05) is 11.9 Å². The molecular formula is C12H11ClFN3O2S. The number of hydrogen-bond acceptors (Lipinski definition) is 5. The van der Waals surface area contributed by atoms with E-state index in [4.69, 9.17) is 22.4 Å². The number of anilines is 1. The fraction of sp³-hybridized carbons (Fsp3) is 0.167. The van der Waals surface area contributed by atoms with Crippen molar-refractivity contribution >= 4 is 34.0 Å². The van der Waals surface area contributed by atoms with Gasteiger partial charge < -0.3 is 16.2 Å². The number of nitrogens with zero attached hydrogens (tertiary/aromatic N) is 1. The third-order valence-electron chi connectivity index (χ3n) is 2.53. The number of aromatic nitrogens is 1. The summed E-state index contributed by atoms with van der Waals surface area (Å²) in [6, 6.07) is 3.27. The SMILES string of the molecule is NC(C(=O)O)c1csc(NCc2ccc(F)c(Cl)c2)n1. The first kappa shape index (κ1) is 14.7. The van der Waals surface area contributed by atoms with Gasteiger partial charge in [-0.15, -0.1) is 11.3 Å². The van der Waals surface area contributed by atoms with Crippen LogP contribution in [0.5, 0.6) is 0 Å². The van der Waals surface area contributed by atoms with Gasteiger partial charge in [0.2, 0.25) is 0 Å². The van der Waals surface area contributed by atoms with Gasteiger partial charge in [-0.2, -0.15) is 0 Å². The van der Waals surface area contributed by atoms with Gasteiger partial charge in [-0.3, -0.25) is 4.79 Å². The van der Waals surface area contributed by atoms with Gasteiger partial charge in [0.25, 0.3) is 0 Å². The largest absolute Gasteiger partial charge is 0.480 e. The number of hydrogen-bond donors (Lipinski definition) is 3. The normalized spacial score (nSPS) is 12.2. The Bertz CT molecular complexity index is 635. The van der Waals surface area contributed by atoms with Crippen LogP contribution in [-0.4, -0.2) is 16.1 Å². The number of aliphatic carboxylic acids is 1. The average molecular weight is 316 g/mol. The molecule has 20 heavy (non-hydrogen) atoms. The number of carbonyl (C=O) groups is 1. The molecule has 1 aromatic heterocycles. The monoisotopic (exact) mass is 315 g/mol. The first-order valence-electron chi connectivity index (χ1n) is 5.59. The summed E-state index contributed by atoms with van der Waals surface area (Å²) in [6.45, 7) is 0.398. The van der Waals surface area contributed by atoms with E-state index < -0.39 is 17.8 Å². The minimum atomic E-state index is -1.14. The Balaban J connectivity index is 2.00. The summed E-state index contributed by atoms with van der Waals surface area (Å²) in [5, 5.41) is 14.0. The minimum absolute atomic E-state index is 0.0528. The minimum Gasteiger partial charge on any atom is -0.480 e. The molecule has 0 saturated heterocycles. The highest BCUT2D eigenvalue weighted by Gasteiger charge is 2.17. The van der Waals surface area contributed by atoms with Crippen molar-refractivity contribution < 1.29 is 14.3 Å². The van der Waals surface area contributed by atoms with Gasteiger partial charge in [-0.25, -0.2) is 9.37 Å². The molecule has 0 fully saturated rings. The van der Waals surface area contributed by atoms with Gasteiger partial charge in [0.1, 0.15) is 11.9 Å². The lowest BCUT2D eigenvalue weighted by atomic mass is 10.2. The van der Waals surface area contributed by atoms with Crippen molar-refractivity contribution in [2.24, 2.45) is 5.73 Å². The smallest absolute Gasteiger partial charge is 0.326 e. The molecule has 2 aromatic rings. The highest BCUT2D eigenvalue weighted by atomic mass is 35.5. The predicted octanol–water partition coefficient (Wildman–Crippen LogP) is 2.63. The molecule has 0 aliphatic carbocycles. The molecule has 2 rings (SSSR count). The molecule has 0 amide bonds. The van der Waals surface area contributed by atoms with Crippen LogP contribution in [0.1, 0.15) is 17.3 Å². The van der Waals surface area contributed by atoms with E-state index in [0.29, 0.717) is 17.4 Å².